The third-order valence-electron chi connectivity index (χ3n) is 14.0. The van der Waals surface area contributed by atoms with Crippen molar-refractivity contribution < 1.29 is 37.6 Å². The molecule has 0 aliphatic carbocycles. The molecule has 0 rings (SSSR count). The fraction of sp³-hybridized carbons (Fsp3) is 0.873. The fourth-order valence-electron chi connectivity index (χ4n) is 9.31. The van der Waals surface area contributed by atoms with Gasteiger partial charge in [0.15, 0.2) is 6.10 Å². The van der Waals surface area contributed by atoms with Gasteiger partial charge in [0.25, 0.3) is 0 Å². The predicted molar refractivity (Wildman–Crippen MR) is 312 cm³/mol. The maximum Gasteiger partial charge on any atom is 0.472 e. The third kappa shape index (κ3) is 59.3. The molecule has 0 bridgehead atoms. The van der Waals surface area contributed by atoms with Crippen molar-refractivity contribution in [2.24, 2.45) is 5.73 Å². The molecule has 0 aromatic carbocycles. The zero-order valence-corrected chi connectivity index (χ0v) is 49.0. The topological polar surface area (TPSA) is 134 Å². The molecule has 0 fully saturated rings. The van der Waals surface area contributed by atoms with Crippen LogP contribution >= 0.6 is 7.82 Å². The summed E-state index contributed by atoms with van der Waals surface area (Å²) in [5, 5.41) is 0. The highest BCUT2D eigenvalue weighted by Crippen LogP contribution is 2.43. The van der Waals surface area contributed by atoms with E-state index in [1.54, 1.807) is 0 Å². The molecule has 0 saturated carbocycles. The van der Waals surface area contributed by atoms with Crippen LogP contribution in [0.1, 0.15) is 322 Å². The normalized spacial score (nSPS) is 13.2. The summed E-state index contributed by atoms with van der Waals surface area (Å²) in [6.45, 7) is 3.79. The molecule has 2 unspecified atom stereocenters. The van der Waals surface area contributed by atoms with E-state index in [1.165, 1.54) is 244 Å². The maximum atomic E-state index is 12.7. The number of hydrogen-bond donors (Lipinski definition) is 2. The number of esters is 2. The third-order valence-corrected chi connectivity index (χ3v) is 15.0. The van der Waals surface area contributed by atoms with E-state index in [0.29, 0.717) is 6.42 Å². The molecule has 0 aromatic rings. The van der Waals surface area contributed by atoms with Crippen molar-refractivity contribution in [1.29, 1.82) is 0 Å². The largest absolute Gasteiger partial charge is 0.472 e. The van der Waals surface area contributed by atoms with Crippen LogP contribution < -0.4 is 5.73 Å². The summed E-state index contributed by atoms with van der Waals surface area (Å²) < 4.78 is 33.1. The lowest BCUT2D eigenvalue weighted by atomic mass is 10.0. The van der Waals surface area contributed by atoms with E-state index in [4.69, 9.17) is 24.3 Å². The molecule has 0 aliphatic rings. The number of nitrogens with two attached hydrogens (primary N) is 1. The van der Waals surface area contributed by atoms with Gasteiger partial charge in [-0.1, -0.05) is 275 Å². The predicted octanol–water partition coefficient (Wildman–Crippen LogP) is 20.0. The molecule has 430 valence electrons. The Kier molecular flexibility index (Phi) is 58.0. The van der Waals surface area contributed by atoms with Gasteiger partial charge in [0.1, 0.15) is 6.61 Å². The SMILES string of the molecule is CCCCCCC/C=C\C/C=C\CCCCCCCCCCCCCCCC(=O)OC(COC(=O)CCCCCCCCCCCCCCCCC/C=C\CCCCCCCCCC)COP(=O)(O)OCCN. The number of carbonyl (C=O) groups is 2. The zero-order chi connectivity index (χ0) is 53.1. The monoisotopic (exact) mass is 1050 g/mol. The first-order valence-electron chi connectivity index (χ1n) is 31.5. The van der Waals surface area contributed by atoms with Crippen molar-refractivity contribution in [1.82, 2.24) is 0 Å². The number of unbranched alkanes of at least 4 members (excludes halogenated alkanes) is 41. The van der Waals surface area contributed by atoms with Gasteiger partial charge in [-0.15, -0.1) is 0 Å². The minimum atomic E-state index is -4.39. The summed E-state index contributed by atoms with van der Waals surface area (Å²) in [5.74, 6) is -0.812. The van der Waals surface area contributed by atoms with Crippen LogP contribution in [0.3, 0.4) is 0 Å². The average molecular weight is 1050 g/mol. The van der Waals surface area contributed by atoms with E-state index in [2.05, 4.69) is 50.3 Å². The van der Waals surface area contributed by atoms with Crippen molar-refractivity contribution in [3.63, 3.8) is 0 Å². The Hall–Kier alpha value is -1.77. The fourth-order valence-corrected chi connectivity index (χ4v) is 10.1. The van der Waals surface area contributed by atoms with Crippen molar-refractivity contribution in [2.45, 2.75) is 328 Å². The van der Waals surface area contributed by atoms with Gasteiger partial charge in [0, 0.05) is 19.4 Å². The number of rotatable bonds is 60. The Morgan fingerprint density at radius 3 is 1.05 bits per heavy atom. The Morgan fingerprint density at radius 2 is 0.712 bits per heavy atom. The van der Waals surface area contributed by atoms with Crippen LogP contribution in [-0.4, -0.2) is 49.3 Å². The van der Waals surface area contributed by atoms with Crippen LogP contribution in [0.5, 0.6) is 0 Å². The average Bonchev–Trinajstić information content (AvgIpc) is 3.38. The van der Waals surface area contributed by atoms with E-state index in [9.17, 15) is 19.0 Å². The molecular weight excluding hydrogens is 930 g/mol. The first-order valence-corrected chi connectivity index (χ1v) is 33.0. The lowest BCUT2D eigenvalue weighted by Gasteiger charge is -2.19. The van der Waals surface area contributed by atoms with Gasteiger partial charge in [0.05, 0.1) is 13.2 Å². The molecule has 0 radical (unpaired) electrons. The van der Waals surface area contributed by atoms with Crippen molar-refractivity contribution in [3.05, 3.63) is 36.5 Å². The van der Waals surface area contributed by atoms with Crippen molar-refractivity contribution in [2.75, 3.05) is 26.4 Å². The molecule has 3 N–H and O–H groups in total. The molecule has 0 aliphatic heterocycles. The second kappa shape index (κ2) is 59.5. The highest BCUT2D eigenvalue weighted by Gasteiger charge is 2.26. The Labute approximate surface area is 452 Å². The summed E-state index contributed by atoms with van der Waals surface area (Å²) in [4.78, 5) is 35.3. The number of phosphoric acid groups is 1. The van der Waals surface area contributed by atoms with Gasteiger partial charge in [-0.3, -0.25) is 18.6 Å². The number of phosphoric ester groups is 1. The van der Waals surface area contributed by atoms with E-state index in [1.807, 2.05) is 0 Å². The zero-order valence-electron chi connectivity index (χ0n) is 48.1. The molecule has 0 aromatic heterocycles. The van der Waals surface area contributed by atoms with Gasteiger partial charge in [-0.2, -0.15) is 0 Å². The van der Waals surface area contributed by atoms with Gasteiger partial charge in [-0.05, 0) is 70.6 Å². The highest BCUT2D eigenvalue weighted by atomic mass is 31.2. The smallest absolute Gasteiger partial charge is 0.462 e. The van der Waals surface area contributed by atoms with Gasteiger partial charge < -0.3 is 20.1 Å². The molecule has 0 saturated heterocycles. The number of carbonyl (C=O) groups excluding carboxylic acids is 2. The molecule has 73 heavy (non-hydrogen) atoms. The van der Waals surface area contributed by atoms with Gasteiger partial charge in [0.2, 0.25) is 0 Å². The molecule has 2 atom stereocenters. The molecular formula is C63H120NO8P. The molecule has 0 spiro atoms. The summed E-state index contributed by atoms with van der Waals surface area (Å²) in [5.41, 5.74) is 5.39. The first-order chi connectivity index (χ1) is 35.8. The quantitative estimate of drug-likeness (QED) is 0.0264. The van der Waals surface area contributed by atoms with Gasteiger partial charge >= 0.3 is 19.8 Å². The van der Waals surface area contributed by atoms with Crippen molar-refractivity contribution in [3.8, 4) is 0 Å². The Morgan fingerprint density at radius 1 is 0.411 bits per heavy atom. The molecule has 0 amide bonds. The first kappa shape index (κ1) is 71.2. The van der Waals surface area contributed by atoms with Crippen LogP contribution in [0.15, 0.2) is 36.5 Å². The van der Waals surface area contributed by atoms with Crippen LogP contribution in [0.2, 0.25) is 0 Å². The second-order valence-corrected chi connectivity index (χ2v) is 22.7. The lowest BCUT2D eigenvalue weighted by molar-refractivity contribution is -0.161. The second-order valence-electron chi connectivity index (χ2n) is 21.3. The van der Waals surface area contributed by atoms with Crippen LogP contribution in [0, 0.1) is 0 Å². The standard InChI is InChI=1S/C63H120NO8P/c1-3-5-7-9-11-13-15-17-19-21-23-25-27-29-30-32-33-35-37-39-41-43-45-47-49-51-53-55-62(65)69-59-61(60-71-73(67,68)70-58-57-64)72-63(66)56-54-52-50-48-46-44-42-40-38-36-34-31-28-26-24-22-20-18-16-14-12-10-8-6-4-2/h16,18,21-24,61H,3-15,17,19-20,25-60,64H2,1-2H3,(H,67,68)/b18-16-,23-21-,24-22-. The van der Waals surface area contributed by atoms with Crippen molar-refractivity contribution >= 4 is 19.8 Å². The number of allylic oxidation sites excluding steroid dienone is 6. The summed E-state index contributed by atoms with van der Waals surface area (Å²) in [6.07, 6.45) is 72.1. The summed E-state index contributed by atoms with van der Waals surface area (Å²) in [7, 11) is -4.39. The maximum absolute atomic E-state index is 12.7. The van der Waals surface area contributed by atoms with Crippen LogP contribution in [0.25, 0.3) is 0 Å². The minimum Gasteiger partial charge on any atom is -0.462 e. The summed E-state index contributed by atoms with van der Waals surface area (Å²) >= 11 is 0. The van der Waals surface area contributed by atoms with Gasteiger partial charge in [-0.25, -0.2) is 4.57 Å². The molecule has 10 heteroatoms. The van der Waals surface area contributed by atoms with Crippen LogP contribution in [-0.2, 0) is 32.7 Å². The highest BCUT2D eigenvalue weighted by molar-refractivity contribution is 7.47. The Bertz CT molecular complexity index is 1290. The van der Waals surface area contributed by atoms with E-state index in [-0.39, 0.29) is 38.6 Å². The summed E-state index contributed by atoms with van der Waals surface area (Å²) in [6, 6.07) is 0. The molecule has 9 nitrogen and oxygen atoms in total. The minimum absolute atomic E-state index is 0.0547. The van der Waals surface area contributed by atoms with E-state index < -0.39 is 26.5 Å². The Balaban J connectivity index is 3.90. The number of hydrogen-bond acceptors (Lipinski definition) is 8. The lowest BCUT2D eigenvalue weighted by Crippen LogP contribution is -2.29. The number of ether oxygens (including phenoxy) is 2. The van der Waals surface area contributed by atoms with E-state index >= 15 is 0 Å². The van der Waals surface area contributed by atoms with E-state index in [0.717, 1.165) is 44.9 Å². The molecule has 0 heterocycles. The van der Waals surface area contributed by atoms with Crippen LogP contribution in [0.4, 0.5) is 0 Å².